The molecule has 9 rings (SSSR count). The summed E-state index contributed by atoms with van der Waals surface area (Å²) in [6.07, 6.45) is 15.6. The molecule has 292 valence electrons. The number of fused-ring (bicyclic) bond motifs is 2. The molecule has 2 aliphatic carbocycles. The van der Waals surface area contributed by atoms with Crippen LogP contribution in [0.5, 0.6) is 5.75 Å². The molecular weight excluding hydrogens is 711 g/mol. The number of amides is 4. The minimum atomic E-state index is -0.379. The third-order valence-corrected chi connectivity index (χ3v) is 12.5. The first kappa shape index (κ1) is 36.2. The molecule has 56 heavy (non-hydrogen) atoms. The van der Waals surface area contributed by atoms with Crippen LogP contribution in [0.1, 0.15) is 98.4 Å². The van der Waals surface area contributed by atoms with Gasteiger partial charge in [0.2, 0.25) is 5.91 Å². The van der Waals surface area contributed by atoms with Gasteiger partial charge in [0.25, 0.3) is 11.5 Å². The molecule has 2 saturated carbocycles. The van der Waals surface area contributed by atoms with Crippen LogP contribution < -0.4 is 25.8 Å². The van der Waals surface area contributed by atoms with Crippen molar-refractivity contribution >= 4 is 51.2 Å². The summed E-state index contributed by atoms with van der Waals surface area (Å²) >= 11 is 0. The summed E-state index contributed by atoms with van der Waals surface area (Å²) in [6, 6.07) is 11.6. The Bertz CT molecular complexity index is 2380. The number of methoxy groups -OCH3 is 1. The molecule has 4 aromatic heterocycles. The molecule has 4 aliphatic rings. The van der Waals surface area contributed by atoms with Crippen LogP contribution in [0.4, 0.5) is 16.2 Å². The van der Waals surface area contributed by atoms with Crippen LogP contribution in [-0.4, -0.2) is 79.9 Å². The molecule has 4 fully saturated rings. The van der Waals surface area contributed by atoms with Crippen LogP contribution >= 0.6 is 0 Å². The number of hydrogen-bond acceptors (Lipinski definition) is 8. The average Bonchev–Trinajstić information content (AvgIpc) is 3.87. The molecule has 0 spiro atoms. The number of nitrogens with zero attached hydrogens (tertiary/aromatic N) is 7. The van der Waals surface area contributed by atoms with Gasteiger partial charge < -0.3 is 24.1 Å². The van der Waals surface area contributed by atoms with Crippen molar-refractivity contribution in [1.29, 1.82) is 0 Å². The molecule has 2 N–H and O–H groups in total. The normalized spacial score (nSPS) is 21.1. The highest BCUT2D eigenvalue weighted by Crippen LogP contribution is 2.38. The van der Waals surface area contributed by atoms with Crippen molar-refractivity contribution in [2.75, 3.05) is 43.5 Å². The number of aromatic nitrogens is 5. The van der Waals surface area contributed by atoms with Gasteiger partial charge in [0.05, 0.1) is 29.9 Å². The maximum atomic E-state index is 13.4. The number of benzene rings is 1. The number of hydrogen-bond donors (Lipinski definition) is 2. The fourth-order valence-corrected chi connectivity index (χ4v) is 9.22. The number of urea groups is 1. The van der Waals surface area contributed by atoms with E-state index in [0.717, 1.165) is 104 Å². The number of pyridine rings is 2. The number of imide groups is 1. The molecule has 14 heteroatoms. The van der Waals surface area contributed by atoms with Gasteiger partial charge >= 0.3 is 6.03 Å². The van der Waals surface area contributed by atoms with Gasteiger partial charge in [-0.25, -0.2) is 9.78 Å². The Kier molecular flexibility index (Phi) is 9.60. The highest BCUT2D eigenvalue weighted by molar-refractivity contribution is 6.10. The number of piperidine rings is 1. The second-order valence-corrected chi connectivity index (χ2v) is 16.1. The smallest absolute Gasteiger partial charge is 0.328 e. The fraction of sp³-hybridized carbons (Fsp3) is 0.476. The maximum Gasteiger partial charge on any atom is 0.328 e. The van der Waals surface area contributed by atoms with Gasteiger partial charge in [0, 0.05) is 79.3 Å². The molecule has 14 nitrogen and oxygen atoms in total. The summed E-state index contributed by atoms with van der Waals surface area (Å²) < 4.78 is 11.7. The second-order valence-electron chi connectivity index (χ2n) is 16.1. The Labute approximate surface area is 324 Å². The molecule has 6 heterocycles. The SMILES string of the molecule is COc1cc2nn(C3CCC(CCN4CCC(n5c(C)cc6c(N7CCC(=O)NC7=O)ccnc65)CC4)CC3)cc2cc1C(=O)Nc1cccn(C2CC2)c1=O. The van der Waals surface area contributed by atoms with Crippen LogP contribution in [-0.2, 0) is 4.79 Å². The van der Waals surface area contributed by atoms with Gasteiger partial charge in [-0.1, -0.05) is 0 Å². The predicted molar refractivity (Wildman–Crippen MR) is 214 cm³/mol. The van der Waals surface area contributed by atoms with Crippen LogP contribution in [0.2, 0.25) is 0 Å². The first-order valence-electron chi connectivity index (χ1n) is 20.1. The molecule has 0 radical (unpaired) electrons. The summed E-state index contributed by atoms with van der Waals surface area (Å²) in [5.74, 6) is 0.502. The first-order valence-corrected chi connectivity index (χ1v) is 20.1. The van der Waals surface area contributed by atoms with Crippen molar-refractivity contribution in [2.45, 2.75) is 89.3 Å². The predicted octanol–water partition coefficient (Wildman–Crippen LogP) is 6.36. The summed E-state index contributed by atoms with van der Waals surface area (Å²) in [4.78, 5) is 59.8. The highest BCUT2D eigenvalue weighted by Gasteiger charge is 2.30. The Morgan fingerprint density at radius 2 is 1.73 bits per heavy atom. The fourth-order valence-electron chi connectivity index (χ4n) is 9.22. The quantitative estimate of drug-likeness (QED) is 0.167. The monoisotopic (exact) mass is 759 g/mol. The lowest BCUT2D eigenvalue weighted by Crippen LogP contribution is -2.49. The van der Waals surface area contributed by atoms with Gasteiger partial charge in [-0.15, -0.1) is 0 Å². The molecule has 0 unspecified atom stereocenters. The lowest BCUT2D eigenvalue weighted by Gasteiger charge is -2.35. The summed E-state index contributed by atoms with van der Waals surface area (Å²) in [7, 11) is 1.55. The van der Waals surface area contributed by atoms with Crippen molar-refractivity contribution in [1.82, 2.24) is 34.1 Å². The number of ether oxygens (including phenoxy) is 1. The Morgan fingerprint density at radius 3 is 2.48 bits per heavy atom. The average molecular weight is 760 g/mol. The number of carbonyl (C=O) groups excluding carboxylic acids is 3. The van der Waals surface area contributed by atoms with Gasteiger partial charge in [0.15, 0.2) is 0 Å². The van der Waals surface area contributed by atoms with Crippen LogP contribution in [0, 0.1) is 12.8 Å². The third-order valence-electron chi connectivity index (χ3n) is 12.5. The number of anilines is 2. The van der Waals surface area contributed by atoms with Gasteiger partial charge in [0.1, 0.15) is 17.1 Å². The van der Waals surface area contributed by atoms with E-state index in [0.29, 0.717) is 42.3 Å². The van der Waals surface area contributed by atoms with Crippen LogP contribution in [0.15, 0.2) is 59.8 Å². The number of likely N-dealkylation sites (tertiary alicyclic amines) is 1. The lowest BCUT2D eigenvalue weighted by atomic mass is 9.84. The minimum absolute atomic E-state index is 0.186. The van der Waals surface area contributed by atoms with Crippen molar-refractivity contribution < 1.29 is 19.1 Å². The summed E-state index contributed by atoms with van der Waals surface area (Å²) in [6.45, 7) is 5.68. The van der Waals surface area contributed by atoms with Crippen molar-refractivity contribution in [3.05, 3.63) is 76.6 Å². The van der Waals surface area contributed by atoms with Gasteiger partial charge in [-0.2, -0.15) is 5.10 Å². The largest absolute Gasteiger partial charge is 0.496 e. The molecule has 2 aliphatic heterocycles. The zero-order valence-corrected chi connectivity index (χ0v) is 32.1. The van der Waals surface area contributed by atoms with E-state index in [-0.39, 0.29) is 35.1 Å². The van der Waals surface area contributed by atoms with Crippen LogP contribution in [0.3, 0.4) is 0 Å². The van der Waals surface area contributed by atoms with E-state index >= 15 is 0 Å². The first-order chi connectivity index (χ1) is 27.2. The lowest BCUT2D eigenvalue weighted by molar-refractivity contribution is -0.120. The summed E-state index contributed by atoms with van der Waals surface area (Å²) in [5.41, 5.74) is 4.08. The van der Waals surface area contributed by atoms with E-state index in [2.05, 4.69) is 37.8 Å². The Morgan fingerprint density at radius 1 is 0.946 bits per heavy atom. The number of aryl methyl sites for hydroxylation is 1. The number of carbonyl (C=O) groups is 3. The van der Waals surface area contributed by atoms with Crippen molar-refractivity contribution in [3.8, 4) is 5.75 Å². The Balaban J connectivity index is 0.783. The summed E-state index contributed by atoms with van der Waals surface area (Å²) in [5, 5.41) is 12.0. The van der Waals surface area contributed by atoms with E-state index in [1.165, 1.54) is 6.42 Å². The van der Waals surface area contributed by atoms with Gasteiger partial charge in [-0.3, -0.25) is 29.3 Å². The zero-order valence-electron chi connectivity index (χ0n) is 32.1. The molecular formula is C42H49N9O5. The highest BCUT2D eigenvalue weighted by atomic mass is 16.5. The minimum Gasteiger partial charge on any atom is -0.496 e. The van der Waals surface area contributed by atoms with E-state index in [1.807, 2.05) is 24.4 Å². The zero-order chi connectivity index (χ0) is 38.5. The van der Waals surface area contributed by atoms with Gasteiger partial charge in [-0.05, 0) is 108 Å². The maximum absolute atomic E-state index is 13.4. The Hall–Kier alpha value is -5.50. The molecule has 2 saturated heterocycles. The third kappa shape index (κ3) is 6.95. The second kappa shape index (κ2) is 14.9. The number of nitrogens with one attached hydrogen (secondary N) is 2. The van der Waals surface area contributed by atoms with Crippen molar-refractivity contribution in [3.63, 3.8) is 0 Å². The number of rotatable bonds is 10. The molecule has 0 atom stereocenters. The molecule has 1 aromatic carbocycles. The molecule has 5 aromatic rings. The van der Waals surface area contributed by atoms with E-state index < -0.39 is 0 Å². The van der Waals surface area contributed by atoms with Crippen molar-refractivity contribution in [2.24, 2.45) is 5.92 Å². The standard InChI is InChI=1S/C42H49N9O5/c1-26-22-32-36(49-21-15-38(52)45-42(49)55)11-16-43-39(32)51(26)31-13-19-47(20-14-31)18-12-27-5-7-30(8-6-27)50-25-28-23-33(37(56-2)24-35(28)46-50)40(53)44-34-4-3-17-48(41(34)54)29-9-10-29/h3-4,11,16-17,22-25,27,29-31H,5-10,12-15,18-21H2,1-2H3,(H,44,53)(H,45,52,55). The van der Waals surface area contributed by atoms with E-state index in [1.54, 1.807) is 41.1 Å². The topological polar surface area (TPSA) is 149 Å². The molecule has 4 amide bonds. The van der Waals surface area contributed by atoms with E-state index in [4.69, 9.17) is 14.8 Å². The van der Waals surface area contributed by atoms with Crippen LogP contribution in [0.25, 0.3) is 21.9 Å². The molecule has 0 bridgehead atoms. The van der Waals surface area contributed by atoms with E-state index in [9.17, 15) is 19.2 Å².